The molecule has 0 aliphatic heterocycles. The molecule has 0 fully saturated rings. The first-order valence-electron chi connectivity index (χ1n) is 11.2. The molecule has 0 amide bonds. The van der Waals surface area contributed by atoms with Crippen LogP contribution in [0.3, 0.4) is 0 Å². The maximum absolute atomic E-state index is 13.0. The third-order valence-electron chi connectivity index (χ3n) is 5.83. The minimum atomic E-state index is -0.441. The zero-order chi connectivity index (χ0) is 24.4. The summed E-state index contributed by atoms with van der Waals surface area (Å²) in [6.45, 7) is 3.87. The molecular formula is C27H22N4O3S. The van der Waals surface area contributed by atoms with Crippen molar-refractivity contribution < 1.29 is 4.92 Å². The van der Waals surface area contributed by atoms with Crippen LogP contribution in [0.5, 0.6) is 0 Å². The van der Waals surface area contributed by atoms with Crippen molar-refractivity contribution in [1.29, 1.82) is 0 Å². The van der Waals surface area contributed by atoms with Crippen molar-refractivity contribution in [2.24, 2.45) is 0 Å². The molecule has 2 heterocycles. The second-order valence-electron chi connectivity index (χ2n) is 8.09. The van der Waals surface area contributed by atoms with Gasteiger partial charge in [-0.3, -0.25) is 19.3 Å². The normalized spacial score (nSPS) is 11.7. The fraction of sp³-hybridized carbons (Fsp3) is 0.111. The largest absolute Gasteiger partial charge is 0.367 e. The molecule has 0 unspecified atom stereocenters. The number of benzene rings is 3. The molecule has 0 atom stereocenters. The van der Waals surface area contributed by atoms with Crippen molar-refractivity contribution in [2.75, 3.05) is 11.4 Å². The summed E-state index contributed by atoms with van der Waals surface area (Å²) in [5.74, 6) is 0. The summed E-state index contributed by atoms with van der Waals surface area (Å²) in [7, 11) is 0. The van der Waals surface area contributed by atoms with Crippen LogP contribution in [-0.2, 0) is 6.54 Å². The van der Waals surface area contributed by atoms with E-state index in [0.717, 1.165) is 29.9 Å². The van der Waals surface area contributed by atoms with E-state index in [1.807, 2.05) is 24.3 Å². The van der Waals surface area contributed by atoms with Gasteiger partial charge in [0.25, 0.3) is 11.2 Å². The lowest BCUT2D eigenvalue weighted by Gasteiger charge is -2.23. The van der Waals surface area contributed by atoms with E-state index >= 15 is 0 Å². The molecule has 3 aromatic carbocycles. The van der Waals surface area contributed by atoms with Gasteiger partial charge in [0.1, 0.15) is 0 Å². The number of non-ortho nitro benzene ring substituents is 1. The predicted molar refractivity (Wildman–Crippen MR) is 140 cm³/mol. The third kappa shape index (κ3) is 4.69. The number of imidazole rings is 1. The van der Waals surface area contributed by atoms with Gasteiger partial charge in [-0.1, -0.05) is 53.8 Å². The molecule has 0 radical (unpaired) electrons. The Hall–Kier alpha value is -4.30. The van der Waals surface area contributed by atoms with E-state index in [-0.39, 0.29) is 11.2 Å². The van der Waals surface area contributed by atoms with Gasteiger partial charge in [0.05, 0.1) is 15.1 Å². The second-order valence-corrected chi connectivity index (χ2v) is 9.10. The second kappa shape index (κ2) is 9.52. The Labute approximate surface area is 205 Å². The van der Waals surface area contributed by atoms with Gasteiger partial charge in [-0.2, -0.15) is 0 Å². The molecule has 0 saturated heterocycles. The SMILES string of the molecule is CCN(Cc1ccccc1)c1ccc(/C=c2\sc3nc(-c4ccc([N+](=O)[O-])cc4)cn3c2=O)cc1. The van der Waals surface area contributed by atoms with Gasteiger partial charge in [0.15, 0.2) is 4.96 Å². The topological polar surface area (TPSA) is 80.8 Å². The maximum atomic E-state index is 13.0. The molecule has 7 nitrogen and oxygen atoms in total. The highest BCUT2D eigenvalue weighted by Gasteiger charge is 2.12. The molecule has 0 aliphatic carbocycles. The molecular weight excluding hydrogens is 460 g/mol. The molecule has 35 heavy (non-hydrogen) atoms. The lowest BCUT2D eigenvalue weighted by molar-refractivity contribution is -0.384. The Kier molecular flexibility index (Phi) is 6.12. The number of rotatable bonds is 7. The molecule has 2 aromatic heterocycles. The van der Waals surface area contributed by atoms with Gasteiger partial charge < -0.3 is 4.90 Å². The number of anilines is 1. The number of thiazole rings is 1. The lowest BCUT2D eigenvalue weighted by Crippen LogP contribution is -2.22. The van der Waals surface area contributed by atoms with E-state index in [2.05, 4.69) is 53.2 Å². The summed E-state index contributed by atoms with van der Waals surface area (Å²) in [4.78, 5) is 30.8. The average molecular weight is 483 g/mol. The van der Waals surface area contributed by atoms with Crippen molar-refractivity contribution in [2.45, 2.75) is 13.5 Å². The van der Waals surface area contributed by atoms with Crippen molar-refractivity contribution in [3.8, 4) is 11.3 Å². The smallest absolute Gasteiger partial charge is 0.274 e. The standard InChI is InChI=1S/C27H22N4O3S/c1-2-29(17-20-6-4-3-5-7-20)22-12-8-19(9-13-22)16-25-26(32)30-18-24(28-27(30)35-25)21-10-14-23(15-11-21)31(33)34/h3-16,18H,2,17H2,1H3/b25-16-. The Morgan fingerprint density at radius 3 is 2.37 bits per heavy atom. The van der Waals surface area contributed by atoms with Crippen molar-refractivity contribution in [3.63, 3.8) is 0 Å². The first kappa shape index (κ1) is 22.5. The molecule has 0 saturated carbocycles. The monoisotopic (exact) mass is 482 g/mol. The number of nitrogens with zero attached hydrogens (tertiary/aromatic N) is 4. The molecule has 5 rings (SSSR count). The summed E-state index contributed by atoms with van der Waals surface area (Å²) in [5.41, 5.74) is 4.56. The Morgan fingerprint density at radius 2 is 1.74 bits per heavy atom. The number of fused-ring (bicyclic) bond motifs is 1. The van der Waals surface area contributed by atoms with Crippen molar-refractivity contribution in [3.05, 3.63) is 121 Å². The van der Waals surface area contributed by atoms with E-state index in [9.17, 15) is 14.9 Å². The third-order valence-corrected chi connectivity index (χ3v) is 6.82. The summed E-state index contributed by atoms with van der Waals surface area (Å²) in [5, 5.41) is 10.9. The fourth-order valence-corrected chi connectivity index (χ4v) is 4.90. The minimum Gasteiger partial charge on any atom is -0.367 e. The van der Waals surface area contributed by atoms with Crippen LogP contribution in [0.1, 0.15) is 18.1 Å². The fourth-order valence-electron chi connectivity index (χ4n) is 3.95. The number of nitro benzene ring substituents is 1. The summed E-state index contributed by atoms with van der Waals surface area (Å²) in [6.07, 6.45) is 3.56. The highest BCUT2D eigenvalue weighted by molar-refractivity contribution is 7.15. The predicted octanol–water partition coefficient (Wildman–Crippen LogP) is 4.91. The molecule has 0 spiro atoms. The van der Waals surface area contributed by atoms with Crippen LogP contribution in [0.4, 0.5) is 11.4 Å². The number of hydrogen-bond donors (Lipinski definition) is 0. The zero-order valence-corrected chi connectivity index (χ0v) is 19.8. The molecule has 0 N–H and O–H groups in total. The van der Waals surface area contributed by atoms with Crippen LogP contribution in [0.25, 0.3) is 22.3 Å². The average Bonchev–Trinajstić information content (AvgIpc) is 3.43. The highest BCUT2D eigenvalue weighted by Crippen LogP contribution is 2.22. The number of aromatic nitrogens is 2. The van der Waals surface area contributed by atoms with E-state index in [1.165, 1.54) is 33.4 Å². The maximum Gasteiger partial charge on any atom is 0.274 e. The van der Waals surface area contributed by atoms with Gasteiger partial charge in [-0.25, -0.2) is 4.98 Å². The first-order chi connectivity index (χ1) is 17.0. The van der Waals surface area contributed by atoms with Crippen LogP contribution >= 0.6 is 11.3 Å². The quantitative estimate of drug-likeness (QED) is 0.243. The molecule has 5 aromatic rings. The Morgan fingerprint density at radius 1 is 1.03 bits per heavy atom. The van der Waals surface area contributed by atoms with Gasteiger partial charge in [0.2, 0.25) is 0 Å². The summed E-state index contributed by atoms with van der Waals surface area (Å²) < 4.78 is 2.13. The van der Waals surface area contributed by atoms with E-state index < -0.39 is 4.92 Å². The van der Waals surface area contributed by atoms with Gasteiger partial charge in [-0.15, -0.1) is 0 Å². The Bertz CT molecular complexity index is 1590. The molecule has 8 heteroatoms. The molecule has 0 bridgehead atoms. The molecule has 0 aliphatic rings. The lowest BCUT2D eigenvalue weighted by atomic mass is 10.1. The van der Waals surface area contributed by atoms with Crippen LogP contribution in [0, 0.1) is 10.1 Å². The van der Waals surface area contributed by atoms with E-state index in [4.69, 9.17) is 0 Å². The van der Waals surface area contributed by atoms with Crippen molar-refractivity contribution in [1.82, 2.24) is 9.38 Å². The highest BCUT2D eigenvalue weighted by atomic mass is 32.1. The Balaban J connectivity index is 1.38. The summed E-state index contributed by atoms with van der Waals surface area (Å²) >= 11 is 1.32. The van der Waals surface area contributed by atoms with Crippen LogP contribution in [0.2, 0.25) is 0 Å². The van der Waals surface area contributed by atoms with Crippen LogP contribution < -0.4 is 15.0 Å². The number of hydrogen-bond acceptors (Lipinski definition) is 6. The van der Waals surface area contributed by atoms with Crippen molar-refractivity contribution >= 4 is 33.7 Å². The van der Waals surface area contributed by atoms with Gasteiger partial charge in [-0.05, 0) is 48.4 Å². The zero-order valence-electron chi connectivity index (χ0n) is 19.0. The van der Waals surface area contributed by atoms with E-state index in [1.54, 1.807) is 18.3 Å². The van der Waals surface area contributed by atoms with E-state index in [0.29, 0.717) is 15.2 Å². The van der Waals surface area contributed by atoms with Crippen LogP contribution in [-0.4, -0.2) is 20.9 Å². The minimum absolute atomic E-state index is 0.0179. The van der Waals surface area contributed by atoms with Crippen LogP contribution in [0.15, 0.2) is 89.9 Å². The van der Waals surface area contributed by atoms with Gasteiger partial charge in [0, 0.05) is 42.7 Å². The number of nitro groups is 1. The summed E-state index contributed by atoms with van der Waals surface area (Å²) in [6, 6.07) is 24.7. The van der Waals surface area contributed by atoms with Gasteiger partial charge >= 0.3 is 0 Å². The molecule has 174 valence electrons. The first-order valence-corrected chi connectivity index (χ1v) is 12.0.